The fourth-order valence-corrected chi connectivity index (χ4v) is 3.02. The lowest BCUT2D eigenvalue weighted by Gasteiger charge is -2.27. The minimum Gasteiger partial charge on any atom is -0.460 e. The molecule has 0 aliphatic carbocycles. The zero-order valence-electron chi connectivity index (χ0n) is 16.5. The van der Waals surface area contributed by atoms with Crippen LogP contribution in [0.5, 0.6) is 0 Å². The van der Waals surface area contributed by atoms with Gasteiger partial charge in [-0.05, 0) is 44.7 Å². The standard InChI is InChI=1S/C20H29N3O3/c1-19(2,3)26-16(24)13-20(4,5)12-15-17(21)18(25)23(22(15)6)14-10-8-7-9-11-14/h7-11H,12-13,21H2,1-6H3. The van der Waals surface area contributed by atoms with Gasteiger partial charge in [-0.2, -0.15) is 0 Å². The van der Waals surface area contributed by atoms with Crippen molar-refractivity contribution < 1.29 is 9.53 Å². The fraction of sp³-hybridized carbons (Fsp3) is 0.500. The Hall–Kier alpha value is -2.50. The van der Waals surface area contributed by atoms with E-state index in [-0.39, 0.29) is 23.6 Å². The number of carbonyl (C=O) groups excluding carboxylic acids is 1. The van der Waals surface area contributed by atoms with Crippen LogP contribution in [0.25, 0.3) is 5.69 Å². The molecule has 0 unspecified atom stereocenters. The molecule has 0 amide bonds. The molecule has 0 bridgehead atoms. The molecule has 6 heteroatoms. The Labute approximate surface area is 154 Å². The van der Waals surface area contributed by atoms with E-state index in [1.54, 1.807) is 9.36 Å². The normalized spacial score (nSPS) is 12.2. The number of aromatic nitrogens is 2. The molecule has 1 aromatic carbocycles. The van der Waals surface area contributed by atoms with E-state index in [1.807, 2.05) is 72.0 Å². The number of para-hydroxylation sites is 1. The van der Waals surface area contributed by atoms with Gasteiger partial charge >= 0.3 is 5.97 Å². The monoisotopic (exact) mass is 359 g/mol. The van der Waals surface area contributed by atoms with Crippen LogP contribution in [-0.2, 0) is 23.0 Å². The van der Waals surface area contributed by atoms with Gasteiger partial charge in [0.2, 0.25) is 0 Å². The maximum atomic E-state index is 12.6. The van der Waals surface area contributed by atoms with E-state index in [1.165, 1.54) is 0 Å². The van der Waals surface area contributed by atoms with Crippen LogP contribution in [-0.4, -0.2) is 20.9 Å². The first kappa shape index (κ1) is 19.8. The highest BCUT2D eigenvalue weighted by Crippen LogP contribution is 2.29. The first-order valence-corrected chi connectivity index (χ1v) is 8.75. The van der Waals surface area contributed by atoms with E-state index in [2.05, 4.69) is 0 Å². The number of nitrogens with two attached hydrogens (primary N) is 1. The summed E-state index contributed by atoms with van der Waals surface area (Å²) in [7, 11) is 1.81. The number of nitrogens with zero attached hydrogens (tertiary/aromatic N) is 2. The number of benzene rings is 1. The molecule has 2 aromatic rings. The van der Waals surface area contributed by atoms with E-state index < -0.39 is 11.0 Å². The molecule has 2 rings (SSSR count). The van der Waals surface area contributed by atoms with Crippen molar-refractivity contribution in [1.82, 2.24) is 9.36 Å². The zero-order valence-corrected chi connectivity index (χ0v) is 16.5. The Morgan fingerprint density at radius 1 is 1.12 bits per heavy atom. The fourth-order valence-electron chi connectivity index (χ4n) is 3.02. The largest absolute Gasteiger partial charge is 0.460 e. The molecule has 0 aliphatic rings. The highest BCUT2D eigenvalue weighted by Gasteiger charge is 2.29. The third-order valence-corrected chi connectivity index (χ3v) is 4.11. The third-order valence-electron chi connectivity index (χ3n) is 4.11. The molecule has 1 aromatic heterocycles. The van der Waals surface area contributed by atoms with Crippen molar-refractivity contribution in [2.75, 3.05) is 5.73 Å². The molecule has 0 radical (unpaired) electrons. The van der Waals surface area contributed by atoms with E-state index in [0.29, 0.717) is 12.1 Å². The number of esters is 1. The maximum absolute atomic E-state index is 12.6. The first-order chi connectivity index (χ1) is 11.9. The van der Waals surface area contributed by atoms with Crippen molar-refractivity contribution in [3.63, 3.8) is 0 Å². The number of rotatable bonds is 5. The Morgan fingerprint density at radius 2 is 1.69 bits per heavy atom. The van der Waals surface area contributed by atoms with Crippen LogP contribution >= 0.6 is 0 Å². The molecule has 2 N–H and O–H groups in total. The topological polar surface area (TPSA) is 79.2 Å². The van der Waals surface area contributed by atoms with Gasteiger partial charge in [0.05, 0.1) is 17.8 Å². The van der Waals surface area contributed by atoms with Crippen molar-refractivity contribution in [3.05, 3.63) is 46.4 Å². The van der Waals surface area contributed by atoms with Crippen molar-refractivity contribution in [2.24, 2.45) is 12.5 Å². The summed E-state index contributed by atoms with van der Waals surface area (Å²) in [4.78, 5) is 24.8. The molecule has 0 saturated carbocycles. The summed E-state index contributed by atoms with van der Waals surface area (Å²) in [5, 5.41) is 0. The molecule has 0 saturated heterocycles. The first-order valence-electron chi connectivity index (χ1n) is 8.75. The Bertz CT molecular complexity index is 840. The third kappa shape index (κ3) is 4.56. The minimum atomic E-state index is -0.518. The van der Waals surface area contributed by atoms with Gasteiger partial charge in [-0.15, -0.1) is 0 Å². The Balaban J connectivity index is 2.30. The second-order valence-corrected chi connectivity index (χ2v) is 8.44. The molecular formula is C20H29N3O3. The lowest BCUT2D eigenvalue weighted by molar-refractivity contribution is -0.157. The lowest BCUT2D eigenvalue weighted by Crippen LogP contribution is -2.29. The van der Waals surface area contributed by atoms with Crippen LogP contribution in [0.1, 0.15) is 46.7 Å². The lowest BCUT2D eigenvalue weighted by atomic mass is 9.84. The van der Waals surface area contributed by atoms with Gasteiger partial charge in [0.15, 0.2) is 0 Å². The van der Waals surface area contributed by atoms with Crippen LogP contribution in [0.4, 0.5) is 5.69 Å². The van der Waals surface area contributed by atoms with Crippen LogP contribution in [0.3, 0.4) is 0 Å². The van der Waals surface area contributed by atoms with Gasteiger partial charge < -0.3 is 10.5 Å². The quantitative estimate of drug-likeness (QED) is 0.832. The summed E-state index contributed by atoms with van der Waals surface area (Å²) in [5.41, 5.74) is 6.63. The number of nitrogen functional groups attached to an aromatic ring is 1. The predicted octanol–water partition coefficient (Wildman–Crippen LogP) is 3.06. The molecule has 1 heterocycles. The van der Waals surface area contributed by atoms with Gasteiger partial charge in [-0.3, -0.25) is 14.3 Å². The number of hydrogen-bond donors (Lipinski definition) is 1. The average molecular weight is 359 g/mol. The van der Waals surface area contributed by atoms with Crippen LogP contribution in [0, 0.1) is 5.41 Å². The molecule has 0 spiro atoms. The number of hydrogen-bond acceptors (Lipinski definition) is 4. The van der Waals surface area contributed by atoms with Crippen molar-refractivity contribution in [3.8, 4) is 5.69 Å². The van der Waals surface area contributed by atoms with E-state index >= 15 is 0 Å². The van der Waals surface area contributed by atoms with Gasteiger partial charge in [0, 0.05) is 7.05 Å². The molecule has 142 valence electrons. The maximum Gasteiger partial charge on any atom is 0.306 e. The van der Waals surface area contributed by atoms with Crippen LogP contribution < -0.4 is 11.3 Å². The number of carbonyl (C=O) groups is 1. The van der Waals surface area contributed by atoms with E-state index in [0.717, 1.165) is 5.69 Å². The van der Waals surface area contributed by atoms with Gasteiger partial charge in [-0.1, -0.05) is 32.0 Å². The second-order valence-electron chi connectivity index (χ2n) is 8.44. The summed E-state index contributed by atoms with van der Waals surface area (Å²) in [5.74, 6) is -0.256. The summed E-state index contributed by atoms with van der Waals surface area (Å²) in [6, 6.07) is 9.35. The summed E-state index contributed by atoms with van der Waals surface area (Å²) >= 11 is 0. The van der Waals surface area contributed by atoms with Gasteiger partial charge in [-0.25, -0.2) is 4.68 Å². The molecule has 0 aliphatic heterocycles. The Morgan fingerprint density at radius 3 is 2.23 bits per heavy atom. The minimum absolute atomic E-state index is 0.216. The predicted molar refractivity (Wildman–Crippen MR) is 103 cm³/mol. The molecule has 0 fully saturated rings. The van der Waals surface area contributed by atoms with Crippen molar-refractivity contribution >= 4 is 11.7 Å². The Kier molecular flexibility index (Phi) is 5.35. The highest BCUT2D eigenvalue weighted by atomic mass is 16.6. The molecular weight excluding hydrogens is 330 g/mol. The van der Waals surface area contributed by atoms with Crippen LogP contribution in [0.15, 0.2) is 35.1 Å². The van der Waals surface area contributed by atoms with Gasteiger partial charge in [0.25, 0.3) is 5.56 Å². The zero-order chi connectivity index (χ0) is 19.7. The van der Waals surface area contributed by atoms with Crippen molar-refractivity contribution in [2.45, 2.75) is 53.1 Å². The molecule has 6 nitrogen and oxygen atoms in total. The average Bonchev–Trinajstić information content (AvgIpc) is 2.69. The molecule has 26 heavy (non-hydrogen) atoms. The van der Waals surface area contributed by atoms with Gasteiger partial charge in [0.1, 0.15) is 11.3 Å². The second kappa shape index (κ2) is 7.02. The SMILES string of the molecule is Cn1c(CC(C)(C)CC(=O)OC(C)(C)C)c(N)c(=O)n1-c1ccccc1. The van der Waals surface area contributed by atoms with Crippen LogP contribution in [0.2, 0.25) is 0 Å². The van der Waals surface area contributed by atoms with Crippen molar-refractivity contribution in [1.29, 1.82) is 0 Å². The number of ether oxygens (including phenoxy) is 1. The highest BCUT2D eigenvalue weighted by molar-refractivity contribution is 5.70. The smallest absolute Gasteiger partial charge is 0.306 e. The summed E-state index contributed by atoms with van der Waals surface area (Å²) in [6.45, 7) is 9.49. The molecule has 0 atom stereocenters. The summed E-state index contributed by atoms with van der Waals surface area (Å²) in [6.07, 6.45) is 0.734. The van der Waals surface area contributed by atoms with E-state index in [4.69, 9.17) is 10.5 Å². The van der Waals surface area contributed by atoms with E-state index in [9.17, 15) is 9.59 Å². The number of anilines is 1. The summed E-state index contributed by atoms with van der Waals surface area (Å²) < 4.78 is 8.74.